The molecule has 7 heteroatoms. The number of nitrogens with zero attached hydrogens (tertiary/aromatic N) is 1. The molecule has 20 heavy (non-hydrogen) atoms. The van der Waals surface area contributed by atoms with Crippen molar-refractivity contribution in [3.8, 4) is 5.75 Å². The van der Waals surface area contributed by atoms with Crippen molar-refractivity contribution in [1.29, 1.82) is 0 Å². The highest BCUT2D eigenvalue weighted by atomic mass is 32.2. The predicted octanol–water partition coefficient (Wildman–Crippen LogP) is 0.817. The Kier molecular flexibility index (Phi) is 3.89. The van der Waals surface area contributed by atoms with E-state index in [0.29, 0.717) is 17.1 Å². The highest BCUT2D eigenvalue weighted by Crippen LogP contribution is 2.33. The molecule has 1 aliphatic heterocycles. The minimum atomic E-state index is -3.19. The van der Waals surface area contributed by atoms with E-state index in [1.807, 2.05) is 0 Å². The molecule has 0 saturated heterocycles. The molecule has 1 amide bonds. The first-order valence-corrected chi connectivity index (χ1v) is 8.07. The summed E-state index contributed by atoms with van der Waals surface area (Å²) >= 11 is 0. The fourth-order valence-corrected chi connectivity index (χ4v) is 2.83. The summed E-state index contributed by atoms with van der Waals surface area (Å²) in [5, 5.41) is -0.454. The van der Waals surface area contributed by atoms with Gasteiger partial charge in [-0.05, 0) is 26.0 Å². The molecule has 0 aliphatic carbocycles. The molecule has 2 N–H and O–H groups in total. The van der Waals surface area contributed by atoms with Crippen molar-refractivity contribution in [3.63, 3.8) is 0 Å². The van der Waals surface area contributed by atoms with Crippen molar-refractivity contribution >= 4 is 27.1 Å². The van der Waals surface area contributed by atoms with Crippen LogP contribution in [0.4, 0.5) is 11.4 Å². The van der Waals surface area contributed by atoms with Gasteiger partial charge in [0.05, 0.1) is 16.7 Å². The first-order chi connectivity index (χ1) is 9.31. The van der Waals surface area contributed by atoms with Crippen LogP contribution >= 0.6 is 0 Å². The van der Waals surface area contributed by atoms with Crippen molar-refractivity contribution in [2.45, 2.75) is 19.1 Å². The third-order valence-electron chi connectivity index (χ3n) is 3.24. The van der Waals surface area contributed by atoms with Crippen LogP contribution in [0.15, 0.2) is 18.2 Å². The molecule has 0 atom stereocenters. The summed E-state index contributed by atoms with van der Waals surface area (Å²) in [5.41, 5.74) is 6.76. The first-order valence-electron chi connectivity index (χ1n) is 6.35. The zero-order chi connectivity index (χ0) is 14.9. The van der Waals surface area contributed by atoms with E-state index in [2.05, 4.69) is 0 Å². The second-order valence-electron chi connectivity index (χ2n) is 4.98. The number of carbonyl (C=O) groups excluding carboxylic acids is 1. The highest BCUT2D eigenvalue weighted by molar-refractivity contribution is 7.92. The number of nitrogen functional groups attached to an aromatic ring is 1. The van der Waals surface area contributed by atoms with Crippen LogP contribution in [0.1, 0.15) is 13.8 Å². The number of rotatable bonds is 4. The summed E-state index contributed by atoms with van der Waals surface area (Å²) in [4.78, 5) is 13.3. The maximum Gasteiger partial charge on any atom is 0.265 e. The molecule has 0 radical (unpaired) electrons. The lowest BCUT2D eigenvalue weighted by Gasteiger charge is -2.29. The van der Waals surface area contributed by atoms with E-state index >= 15 is 0 Å². The minimum Gasteiger partial charge on any atom is -0.481 e. The van der Waals surface area contributed by atoms with Gasteiger partial charge in [-0.2, -0.15) is 0 Å². The molecule has 110 valence electrons. The molecule has 0 unspecified atom stereocenters. The van der Waals surface area contributed by atoms with Crippen molar-refractivity contribution in [2.75, 3.05) is 29.5 Å². The summed E-state index contributed by atoms with van der Waals surface area (Å²) in [5.74, 6) is 0.188. The number of amides is 1. The second-order valence-corrected chi connectivity index (χ2v) is 7.65. The van der Waals surface area contributed by atoms with E-state index in [0.717, 1.165) is 0 Å². The summed E-state index contributed by atoms with van der Waals surface area (Å²) in [6.07, 6.45) is 0. The molecular weight excluding hydrogens is 280 g/mol. The number of hydrogen-bond donors (Lipinski definition) is 1. The van der Waals surface area contributed by atoms with Crippen molar-refractivity contribution in [2.24, 2.45) is 0 Å². The van der Waals surface area contributed by atoms with Gasteiger partial charge in [-0.3, -0.25) is 4.79 Å². The van der Waals surface area contributed by atoms with Gasteiger partial charge in [-0.15, -0.1) is 0 Å². The SMILES string of the molecule is CC(C)S(=O)(=O)CCN1C(=O)COc2cc(N)ccc21. The van der Waals surface area contributed by atoms with E-state index in [1.165, 1.54) is 4.90 Å². The lowest BCUT2D eigenvalue weighted by atomic mass is 10.2. The number of carbonyl (C=O) groups is 1. The Bertz CT molecular complexity index is 625. The van der Waals surface area contributed by atoms with Crippen molar-refractivity contribution in [3.05, 3.63) is 18.2 Å². The predicted molar refractivity (Wildman–Crippen MR) is 77.6 cm³/mol. The minimum absolute atomic E-state index is 0.0692. The van der Waals surface area contributed by atoms with Crippen LogP contribution in [0.25, 0.3) is 0 Å². The molecular formula is C13H18N2O4S. The van der Waals surface area contributed by atoms with Crippen LogP contribution in [0, 0.1) is 0 Å². The lowest BCUT2D eigenvalue weighted by Crippen LogP contribution is -2.42. The van der Waals surface area contributed by atoms with E-state index in [-0.39, 0.29) is 24.8 Å². The first kappa shape index (κ1) is 14.6. The van der Waals surface area contributed by atoms with Gasteiger partial charge in [0.25, 0.3) is 5.91 Å². The van der Waals surface area contributed by atoms with Gasteiger partial charge in [0.2, 0.25) is 0 Å². The van der Waals surface area contributed by atoms with E-state index < -0.39 is 15.1 Å². The van der Waals surface area contributed by atoms with Gasteiger partial charge in [-0.1, -0.05) is 0 Å². The monoisotopic (exact) mass is 298 g/mol. The lowest BCUT2D eigenvalue weighted by molar-refractivity contribution is -0.121. The number of sulfone groups is 1. The largest absolute Gasteiger partial charge is 0.481 e. The maximum absolute atomic E-state index is 11.9. The van der Waals surface area contributed by atoms with Crippen LogP contribution in [-0.4, -0.2) is 38.5 Å². The van der Waals surface area contributed by atoms with Gasteiger partial charge in [-0.25, -0.2) is 8.42 Å². The zero-order valence-corrected chi connectivity index (χ0v) is 12.3. The van der Waals surface area contributed by atoms with Crippen LogP contribution in [0.3, 0.4) is 0 Å². The second kappa shape index (κ2) is 5.32. The Morgan fingerprint density at radius 2 is 2.10 bits per heavy atom. The molecule has 1 aliphatic rings. The Balaban J connectivity index is 2.22. The summed E-state index contributed by atoms with van der Waals surface area (Å²) in [6.45, 7) is 3.29. The number of nitrogens with two attached hydrogens (primary N) is 1. The molecule has 0 aromatic heterocycles. The molecule has 0 fully saturated rings. The van der Waals surface area contributed by atoms with Crippen molar-refractivity contribution in [1.82, 2.24) is 0 Å². The molecule has 0 saturated carbocycles. The number of benzene rings is 1. The van der Waals surface area contributed by atoms with Gasteiger partial charge in [0.1, 0.15) is 5.75 Å². The van der Waals surface area contributed by atoms with Crippen molar-refractivity contribution < 1.29 is 17.9 Å². The van der Waals surface area contributed by atoms with E-state index in [4.69, 9.17) is 10.5 Å². The third kappa shape index (κ3) is 2.87. The third-order valence-corrected chi connectivity index (χ3v) is 5.43. The number of fused-ring (bicyclic) bond motifs is 1. The topological polar surface area (TPSA) is 89.7 Å². The average molecular weight is 298 g/mol. The quantitative estimate of drug-likeness (QED) is 0.831. The van der Waals surface area contributed by atoms with E-state index in [1.54, 1.807) is 32.0 Å². The molecule has 0 spiro atoms. The van der Waals surface area contributed by atoms with Crippen LogP contribution in [0.5, 0.6) is 5.75 Å². The van der Waals surface area contributed by atoms with Gasteiger partial charge in [0, 0.05) is 18.3 Å². The Hall–Kier alpha value is -1.76. The fourth-order valence-electron chi connectivity index (χ4n) is 1.92. The average Bonchev–Trinajstić information content (AvgIpc) is 2.37. The molecule has 1 heterocycles. The standard InChI is InChI=1S/C13H18N2O4S/c1-9(2)20(17,18)6-5-15-11-4-3-10(14)7-12(11)19-8-13(15)16/h3-4,7,9H,5-6,8,14H2,1-2H3. The number of hydrogen-bond acceptors (Lipinski definition) is 5. The van der Waals surface area contributed by atoms with Gasteiger partial charge >= 0.3 is 0 Å². The summed E-state index contributed by atoms with van der Waals surface area (Å²) in [7, 11) is -3.19. The molecule has 2 rings (SSSR count). The smallest absolute Gasteiger partial charge is 0.265 e. The number of anilines is 2. The highest BCUT2D eigenvalue weighted by Gasteiger charge is 2.27. The normalized spacial score (nSPS) is 15.2. The number of ether oxygens (including phenoxy) is 1. The van der Waals surface area contributed by atoms with Gasteiger partial charge < -0.3 is 15.4 Å². The van der Waals surface area contributed by atoms with Crippen LogP contribution in [-0.2, 0) is 14.6 Å². The summed E-state index contributed by atoms with van der Waals surface area (Å²) in [6, 6.07) is 4.96. The zero-order valence-electron chi connectivity index (χ0n) is 11.5. The Morgan fingerprint density at radius 1 is 1.40 bits per heavy atom. The van der Waals surface area contributed by atoms with Crippen LogP contribution in [0.2, 0.25) is 0 Å². The molecule has 1 aromatic carbocycles. The maximum atomic E-state index is 11.9. The molecule has 1 aromatic rings. The Labute approximate surface area is 118 Å². The summed E-state index contributed by atoms with van der Waals surface area (Å²) < 4.78 is 29.0. The fraction of sp³-hybridized carbons (Fsp3) is 0.462. The van der Waals surface area contributed by atoms with Gasteiger partial charge in [0.15, 0.2) is 16.4 Å². The van der Waals surface area contributed by atoms with Crippen LogP contribution < -0.4 is 15.4 Å². The molecule has 0 bridgehead atoms. The van der Waals surface area contributed by atoms with E-state index in [9.17, 15) is 13.2 Å². The molecule has 6 nitrogen and oxygen atoms in total. The Morgan fingerprint density at radius 3 is 2.75 bits per heavy atom.